The summed E-state index contributed by atoms with van der Waals surface area (Å²) in [5, 5.41) is 3.56. The third-order valence-corrected chi connectivity index (χ3v) is 7.01. The van der Waals surface area contributed by atoms with Gasteiger partial charge < -0.3 is 9.80 Å². The van der Waals surface area contributed by atoms with Crippen molar-refractivity contribution in [2.75, 3.05) is 26.2 Å². The van der Waals surface area contributed by atoms with Crippen molar-refractivity contribution in [1.82, 2.24) is 29.4 Å². The van der Waals surface area contributed by atoms with E-state index >= 15 is 0 Å². The van der Waals surface area contributed by atoms with Gasteiger partial charge in [-0.25, -0.2) is 9.50 Å². The highest BCUT2D eigenvalue weighted by atomic mass is 19.4. The number of rotatable bonds is 4. The first-order valence-corrected chi connectivity index (χ1v) is 12.0. The molecular weight excluding hydrogens is 449 g/mol. The van der Waals surface area contributed by atoms with E-state index in [-0.39, 0.29) is 29.9 Å². The zero-order valence-corrected chi connectivity index (χ0v) is 19.7. The van der Waals surface area contributed by atoms with Crippen LogP contribution in [0.4, 0.5) is 13.2 Å². The topological polar surface area (TPSA) is 83.7 Å². The minimum absolute atomic E-state index is 0.0193. The predicted octanol–water partition coefficient (Wildman–Crippen LogP) is 3.33. The highest BCUT2D eigenvalue weighted by Gasteiger charge is 2.37. The number of aromatic nitrogens is 4. The summed E-state index contributed by atoms with van der Waals surface area (Å²) >= 11 is 0. The van der Waals surface area contributed by atoms with Gasteiger partial charge in [-0.05, 0) is 51.5 Å². The molecule has 2 amide bonds. The quantitative estimate of drug-likeness (QED) is 0.670. The zero-order chi connectivity index (χ0) is 24.5. The van der Waals surface area contributed by atoms with Crippen LogP contribution in [0, 0.1) is 19.8 Å². The Kier molecular flexibility index (Phi) is 7.09. The summed E-state index contributed by atoms with van der Waals surface area (Å²) in [4.78, 5) is 37.2. The summed E-state index contributed by atoms with van der Waals surface area (Å²) in [6.45, 7) is 6.15. The molecule has 4 rings (SSSR count). The number of alkyl halides is 3. The Morgan fingerprint density at radius 2 is 1.59 bits per heavy atom. The van der Waals surface area contributed by atoms with E-state index in [1.165, 1.54) is 12.8 Å². The normalized spacial score (nSPS) is 18.4. The largest absolute Gasteiger partial charge is 0.453 e. The van der Waals surface area contributed by atoms with Gasteiger partial charge in [0.15, 0.2) is 0 Å². The molecule has 0 spiro atoms. The van der Waals surface area contributed by atoms with Gasteiger partial charge in [0.25, 0.3) is 11.6 Å². The Balaban J connectivity index is 1.35. The summed E-state index contributed by atoms with van der Waals surface area (Å²) in [7, 11) is 0. The number of halogens is 3. The number of piperidine rings is 1. The second-order valence-corrected chi connectivity index (χ2v) is 9.30. The van der Waals surface area contributed by atoms with Crippen molar-refractivity contribution in [2.24, 2.45) is 5.92 Å². The molecule has 0 unspecified atom stereocenters. The molecule has 0 saturated carbocycles. The average Bonchev–Trinajstić information content (AvgIpc) is 3.06. The van der Waals surface area contributed by atoms with E-state index in [1.807, 2.05) is 4.90 Å². The third kappa shape index (κ3) is 5.17. The first kappa shape index (κ1) is 24.4. The molecule has 0 bridgehead atoms. The standard InChI is InChI=1S/C23H31F3N6O2/c1-15-18(16(2)32-22(27-15)28-21(29-32)23(24,25)26)7-8-19(33)30-13-9-17(10-14-30)20(34)31-11-5-3-4-6-12-31/h17H,3-14H2,1-2H3. The summed E-state index contributed by atoms with van der Waals surface area (Å²) in [5.41, 5.74) is 1.74. The Labute approximate surface area is 196 Å². The van der Waals surface area contributed by atoms with E-state index < -0.39 is 12.0 Å². The summed E-state index contributed by atoms with van der Waals surface area (Å²) < 4.78 is 40.0. The van der Waals surface area contributed by atoms with Crippen LogP contribution in [0.2, 0.25) is 0 Å². The summed E-state index contributed by atoms with van der Waals surface area (Å²) in [6.07, 6.45) is 1.76. The molecule has 0 N–H and O–H groups in total. The second kappa shape index (κ2) is 9.87. The van der Waals surface area contributed by atoms with Crippen molar-refractivity contribution in [3.63, 3.8) is 0 Å². The number of carbonyl (C=O) groups excluding carboxylic acids is 2. The smallest absolute Gasteiger partial charge is 0.343 e. The summed E-state index contributed by atoms with van der Waals surface area (Å²) in [6, 6.07) is 0. The van der Waals surface area contributed by atoms with Gasteiger partial charge in [-0.3, -0.25) is 9.59 Å². The highest BCUT2D eigenvalue weighted by molar-refractivity contribution is 5.80. The molecular formula is C23H31F3N6O2. The first-order chi connectivity index (χ1) is 16.1. The van der Waals surface area contributed by atoms with Gasteiger partial charge in [-0.15, -0.1) is 5.10 Å². The molecule has 0 aliphatic carbocycles. The van der Waals surface area contributed by atoms with Gasteiger partial charge in [-0.1, -0.05) is 12.8 Å². The molecule has 2 aromatic rings. The first-order valence-electron chi connectivity index (χ1n) is 12.0. The fourth-order valence-corrected chi connectivity index (χ4v) is 5.01. The van der Waals surface area contributed by atoms with Crippen LogP contribution in [-0.2, 0) is 22.2 Å². The molecule has 34 heavy (non-hydrogen) atoms. The van der Waals surface area contributed by atoms with Crippen molar-refractivity contribution in [3.05, 3.63) is 22.8 Å². The number of fused-ring (bicyclic) bond motifs is 1. The number of nitrogens with zero attached hydrogens (tertiary/aromatic N) is 6. The number of aryl methyl sites for hydroxylation is 2. The van der Waals surface area contributed by atoms with Crippen LogP contribution < -0.4 is 0 Å². The van der Waals surface area contributed by atoms with E-state index in [4.69, 9.17) is 0 Å². The molecule has 0 aromatic carbocycles. The van der Waals surface area contributed by atoms with Crippen LogP contribution in [0.15, 0.2) is 0 Å². The van der Waals surface area contributed by atoms with Crippen molar-refractivity contribution in [1.29, 1.82) is 0 Å². The lowest BCUT2D eigenvalue weighted by atomic mass is 9.94. The van der Waals surface area contributed by atoms with Crippen molar-refractivity contribution >= 4 is 17.6 Å². The SMILES string of the molecule is Cc1nc2nc(C(F)(F)F)nn2c(C)c1CCC(=O)N1CCC(C(=O)N2CCCCCC2)CC1. The lowest BCUT2D eigenvalue weighted by Gasteiger charge is -2.34. The van der Waals surface area contributed by atoms with Gasteiger partial charge in [0.2, 0.25) is 11.8 Å². The minimum Gasteiger partial charge on any atom is -0.343 e. The molecule has 2 aliphatic heterocycles. The van der Waals surface area contributed by atoms with Crippen LogP contribution >= 0.6 is 0 Å². The van der Waals surface area contributed by atoms with Crippen LogP contribution in [0.3, 0.4) is 0 Å². The predicted molar refractivity (Wildman–Crippen MR) is 118 cm³/mol. The Hall–Kier alpha value is -2.72. The van der Waals surface area contributed by atoms with Gasteiger partial charge >= 0.3 is 6.18 Å². The fourth-order valence-electron chi connectivity index (χ4n) is 5.01. The van der Waals surface area contributed by atoms with Gasteiger partial charge in [0.1, 0.15) is 0 Å². The van der Waals surface area contributed by atoms with Gasteiger partial charge in [-0.2, -0.15) is 18.2 Å². The molecule has 186 valence electrons. The van der Waals surface area contributed by atoms with Crippen LogP contribution in [0.1, 0.15) is 67.7 Å². The third-order valence-electron chi connectivity index (χ3n) is 7.01. The Bertz CT molecular complexity index is 1050. The van der Waals surface area contributed by atoms with Crippen molar-refractivity contribution < 1.29 is 22.8 Å². The number of carbonyl (C=O) groups is 2. The van der Waals surface area contributed by atoms with Crippen LogP contribution in [0.5, 0.6) is 0 Å². The minimum atomic E-state index is -4.65. The van der Waals surface area contributed by atoms with Crippen molar-refractivity contribution in [3.8, 4) is 0 Å². The Morgan fingerprint density at radius 1 is 0.941 bits per heavy atom. The summed E-state index contributed by atoms with van der Waals surface area (Å²) in [5.74, 6) is -1.14. The maximum Gasteiger partial charge on any atom is 0.453 e. The molecule has 2 aliphatic rings. The maximum atomic E-state index is 13.0. The molecule has 0 atom stereocenters. The van der Waals surface area contributed by atoms with E-state index in [9.17, 15) is 22.8 Å². The zero-order valence-electron chi connectivity index (χ0n) is 19.7. The second-order valence-electron chi connectivity index (χ2n) is 9.30. The lowest BCUT2D eigenvalue weighted by molar-refractivity contribution is -0.144. The number of amides is 2. The van der Waals surface area contributed by atoms with E-state index in [1.54, 1.807) is 18.7 Å². The van der Waals surface area contributed by atoms with Crippen LogP contribution in [0.25, 0.3) is 5.78 Å². The maximum absolute atomic E-state index is 13.0. The fraction of sp³-hybridized carbons (Fsp3) is 0.696. The monoisotopic (exact) mass is 480 g/mol. The van der Waals surface area contributed by atoms with E-state index in [0.29, 0.717) is 49.3 Å². The van der Waals surface area contributed by atoms with Crippen LogP contribution in [-0.4, -0.2) is 67.4 Å². The van der Waals surface area contributed by atoms with Gasteiger partial charge in [0.05, 0.1) is 0 Å². The molecule has 8 nitrogen and oxygen atoms in total. The number of likely N-dealkylation sites (tertiary alicyclic amines) is 2. The highest BCUT2D eigenvalue weighted by Crippen LogP contribution is 2.27. The van der Waals surface area contributed by atoms with Gasteiger partial charge in [0, 0.05) is 49.9 Å². The molecule has 2 fully saturated rings. The molecule has 0 radical (unpaired) electrons. The molecule has 4 heterocycles. The Morgan fingerprint density at radius 3 is 2.21 bits per heavy atom. The van der Waals surface area contributed by atoms with Crippen molar-refractivity contribution in [2.45, 2.75) is 71.4 Å². The number of hydrogen-bond donors (Lipinski definition) is 0. The van der Waals surface area contributed by atoms with E-state index in [2.05, 4.69) is 15.1 Å². The molecule has 2 aromatic heterocycles. The molecule has 11 heteroatoms. The number of hydrogen-bond acceptors (Lipinski definition) is 5. The lowest BCUT2D eigenvalue weighted by Crippen LogP contribution is -2.44. The van der Waals surface area contributed by atoms with E-state index in [0.717, 1.165) is 30.4 Å². The average molecular weight is 481 g/mol. The molecule has 2 saturated heterocycles.